The Labute approximate surface area is 506 Å². The topological polar surface area (TPSA) is 664 Å². The van der Waals surface area contributed by atoms with E-state index in [4.69, 9.17) is 72.3 Å². The Morgan fingerprint density at radius 1 is 0.446 bits per heavy atom. The summed E-state index contributed by atoms with van der Waals surface area (Å²) < 4.78 is 121. The minimum Gasteiger partial charge on any atom is -0.756 e. The van der Waals surface area contributed by atoms with E-state index in [1.807, 2.05) is 0 Å². The molecule has 0 bridgehead atoms. The maximum Gasteiger partial charge on any atom is 0.280 e. The summed E-state index contributed by atoms with van der Waals surface area (Å²) in [5, 5.41) is 33.3. The Balaban J connectivity index is 0.000000168. The van der Waals surface area contributed by atoms with Gasteiger partial charge in [-0.3, -0.25) is 70.7 Å². The number of phosphoric acid groups is 4. The van der Waals surface area contributed by atoms with Gasteiger partial charge in [-0.25, -0.2) is 24.9 Å². The van der Waals surface area contributed by atoms with Gasteiger partial charge in [-0.05, 0) is 6.92 Å². The normalized spacial score (nSPS) is 37.1. The van der Waals surface area contributed by atoms with Gasteiger partial charge in [0, 0.05) is 5.92 Å². The van der Waals surface area contributed by atoms with Crippen LogP contribution in [0, 0.1) is 12.8 Å². The molecule has 20 atom stereocenters. The first-order chi connectivity index (χ1) is 43.4. The average molecular weight is 1370 g/mol. The van der Waals surface area contributed by atoms with Crippen molar-refractivity contribution in [3.05, 3.63) is 72.5 Å². The van der Waals surface area contributed by atoms with Crippen LogP contribution in [0.3, 0.4) is 0 Å². The van der Waals surface area contributed by atoms with Crippen molar-refractivity contribution in [1.29, 1.82) is 0 Å². The molecule has 13 N–H and O–H groups in total. The highest BCUT2D eigenvalue weighted by molar-refractivity contribution is 7.46. The van der Waals surface area contributed by atoms with Crippen LogP contribution in [0.4, 0.5) is 17.8 Å². The zero-order chi connectivity index (χ0) is 65.4. The number of aryl methyl sites for hydroxylation is 1. The molecule has 0 amide bonds. The zero-order valence-corrected chi connectivity index (χ0v) is 50.0. The van der Waals surface area contributed by atoms with Crippen molar-refractivity contribution in [3.8, 4) is 0 Å². The highest BCUT2D eigenvalue weighted by atomic mass is 31.2. The number of phosphoric ester groups is 4. The molecule has 0 spiro atoms. The van der Waals surface area contributed by atoms with Crippen molar-refractivity contribution >= 4 is 93.8 Å². The lowest BCUT2D eigenvalue weighted by atomic mass is 10.0. The van der Waals surface area contributed by atoms with E-state index in [9.17, 15) is 72.3 Å². The molecule has 14 heterocycles. The molecule has 6 aliphatic rings. The average Bonchev–Trinajstić information content (AvgIpc) is 1.63. The van der Waals surface area contributed by atoms with Crippen molar-refractivity contribution in [3.63, 3.8) is 0 Å². The van der Waals surface area contributed by atoms with Crippen LogP contribution >= 0.6 is 31.3 Å². The van der Waals surface area contributed by atoms with E-state index in [2.05, 4.69) is 59.8 Å². The van der Waals surface area contributed by atoms with Gasteiger partial charge in [0.25, 0.3) is 53.5 Å². The number of nitrogens with one attached hydrogen (secondary N) is 4. The van der Waals surface area contributed by atoms with Crippen LogP contribution in [0.25, 0.3) is 44.7 Å². The Hall–Kier alpha value is -7.04. The smallest absolute Gasteiger partial charge is 0.280 e. The van der Waals surface area contributed by atoms with Gasteiger partial charge < -0.3 is 112 Å². The van der Waals surface area contributed by atoms with Crippen molar-refractivity contribution < 1.29 is 108 Å². The number of H-pyrrole nitrogens is 4. The van der Waals surface area contributed by atoms with Gasteiger partial charge in [0.15, 0.2) is 63.3 Å². The van der Waals surface area contributed by atoms with Crippen LogP contribution in [-0.2, 0) is 73.4 Å². The van der Waals surface area contributed by atoms with E-state index < -0.39 is 178 Å². The van der Waals surface area contributed by atoms with Gasteiger partial charge in [-0.1, -0.05) is 6.92 Å². The first-order valence-electron chi connectivity index (χ1n) is 26.7. The summed E-state index contributed by atoms with van der Waals surface area (Å²) in [6, 6.07) is 0. The van der Waals surface area contributed by atoms with Crippen LogP contribution in [0.2, 0.25) is 0 Å². The molecule has 0 aromatic carbocycles. The molecule has 0 saturated carbocycles. The molecule has 8 aromatic rings. The molecule has 14 rings (SSSR count). The van der Waals surface area contributed by atoms with E-state index in [1.54, 1.807) is 0 Å². The van der Waals surface area contributed by atoms with Crippen molar-refractivity contribution in [2.75, 3.05) is 43.6 Å². The number of anilines is 3. The Morgan fingerprint density at radius 2 is 0.707 bits per heavy atom. The minimum absolute atomic E-state index is 0.0115. The molecule has 6 fully saturated rings. The molecule has 8 unspecified atom stereocenters. The number of aliphatic hydroxyl groups is 3. The van der Waals surface area contributed by atoms with Gasteiger partial charge >= 0.3 is 0 Å². The summed E-state index contributed by atoms with van der Waals surface area (Å²) in [5.41, 5.74) is 13.5. The molecular formula is C42H47N19O27P4-4. The molecule has 6 aliphatic heterocycles. The summed E-state index contributed by atoms with van der Waals surface area (Å²) in [4.78, 5) is 142. The van der Waals surface area contributed by atoms with E-state index in [0.717, 1.165) is 32.7 Å². The van der Waals surface area contributed by atoms with Gasteiger partial charge in [-0.2, -0.15) is 15.0 Å². The van der Waals surface area contributed by atoms with Gasteiger partial charge in [-0.15, -0.1) is 0 Å². The number of hydrogen-bond acceptors (Lipinski definition) is 38. The van der Waals surface area contributed by atoms with E-state index >= 15 is 0 Å². The Morgan fingerprint density at radius 3 is 1.03 bits per heavy atom. The number of rotatable bonds is 4. The monoisotopic (exact) mass is 1370 g/mol. The first kappa shape index (κ1) is 63.7. The van der Waals surface area contributed by atoms with Crippen LogP contribution < -0.4 is 59.0 Å². The van der Waals surface area contributed by atoms with Gasteiger partial charge in [0.05, 0.1) is 51.7 Å². The number of nitrogens with zero attached hydrogens (tertiary/aromatic N) is 12. The predicted octanol–water partition coefficient (Wildman–Crippen LogP) is -6.62. The molecular weight excluding hydrogens is 1330 g/mol. The second kappa shape index (κ2) is 23.5. The van der Waals surface area contributed by atoms with Crippen molar-refractivity contribution in [2.45, 2.75) is 106 Å². The van der Waals surface area contributed by atoms with Gasteiger partial charge in [0.1, 0.15) is 79.2 Å². The molecule has 8 aromatic heterocycles. The number of aromatic nitrogens is 16. The molecule has 6 saturated heterocycles. The second-order valence-electron chi connectivity index (χ2n) is 21.1. The lowest BCUT2D eigenvalue weighted by molar-refractivity contribution is -0.246. The SMILES string of the molecule is C[C@H]1C2OP(=O)([O-])OC[C@H]3O[C@@H](n4cnc5c(=O)[nH]c(N)nc54)C(O)[C@H]3OP(=O)([O-])OC[C@H]2O[C@H]1n1cnc2c(=O)[nH]c(N)nc21.Cc1nc2c(ncn2[C@@H]2O[C@@H]3COP(=O)([O-])O[C@@H]4C(O)[C@H](n5cnc6c(=O)[nH]c(N)nc65)O[C@@H]4COP(=O)([O-])OC3[C@@H]2O)c(=O)[nH]1. The third kappa shape index (κ3) is 11.8. The zero-order valence-electron chi connectivity index (χ0n) is 46.4. The fourth-order valence-corrected chi connectivity index (χ4v) is 15.0. The molecule has 496 valence electrons. The number of fused-ring (bicyclic) bond motifs is 8. The number of nitrogen functional groups attached to an aromatic ring is 3. The quantitative estimate of drug-likeness (QED) is 0.0732. The van der Waals surface area contributed by atoms with Crippen molar-refractivity contribution in [1.82, 2.24) is 78.1 Å². The summed E-state index contributed by atoms with van der Waals surface area (Å²) >= 11 is 0. The first-order valence-corrected chi connectivity index (χ1v) is 32.6. The van der Waals surface area contributed by atoms with Crippen LogP contribution in [0.1, 0.15) is 37.7 Å². The molecule has 50 heteroatoms. The molecule has 92 heavy (non-hydrogen) atoms. The number of hydrogen-bond donors (Lipinski definition) is 10. The van der Waals surface area contributed by atoms with E-state index in [-0.39, 0.29) is 68.3 Å². The molecule has 0 radical (unpaired) electrons. The number of aromatic amines is 4. The van der Waals surface area contributed by atoms with Crippen LogP contribution in [0.5, 0.6) is 0 Å². The number of nitrogens with two attached hydrogens (primary N) is 3. The lowest BCUT2D eigenvalue weighted by Crippen LogP contribution is -2.41. The lowest BCUT2D eigenvalue weighted by Gasteiger charge is -2.34. The highest BCUT2D eigenvalue weighted by Gasteiger charge is 2.54. The Kier molecular flexibility index (Phi) is 16.2. The molecule has 0 aliphatic carbocycles. The van der Waals surface area contributed by atoms with Crippen LogP contribution in [-0.4, -0.2) is 187 Å². The number of aliphatic hydroxyl groups excluding tert-OH is 3. The largest absolute Gasteiger partial charge is 0.756 e. The highest BCUT2D eigenvalue weighted by Crippen LogP contribution is 2.54. The second-order valence-corrected chi connectivity index (χ2v) is 26.6. The fraction of sp³-hybridized carbons (Fsp3) is 0.524. The Bertz CT molecular complexity index is 4090. The van der Waals surface area contributed by atoms with Crippen LogP contribution in [0.15, 0.2) is 44.5 Å². The summed E-state index contributed by atoms with van der Waals surface area (Å²) in [6.45, 7) is -0.531. The number of imidazole rings is 4. The third-order valence-electron chi connectivity index (χ3n) is 15.2. The summed E-state index contributed by atoms with van der Waals surface area (Å²) in [5.74, 6) is -1.44. The summed E-state index contributed by atoms with van der Waals surface area (Å²) in [6.07, 6.45) is -19.4. The van der Waals surface area contributed by atoms with Gasteiger partial charge in [0.2, 0.25) is 17.8 Å². The maximum atomic E-state index is 13.1. The van der Waals surface area contributed by atoms with E-state index in [1.165, 1.54) is 24.7 Å². The maximum absolute atomic E-state index is 13.1. The standard InChI is InChI=1S/C21H26N10O13P2.C21H25N9O14P2/c1-6-12-7(41-18(6)30-4-24-9-14(30)26-20(22)28-16(9)33)2-39-46(37,38)44-13-8(3-40-45(35,36)43-12)42-19(11(13)32)31-5-25-10-15(31)27-21(23)29-17(10)34;1-6-25-15-9(17(33)26-6)23-4-29(15)19-11(31)13-7(41-19)2-39-46(37,38)44-14-8(3-40-45(35,36)43-13)42-20(12(14)32)30-5-24-10-16(30)27-21(22)28-18(10)34/h4-8,11-13,18-19,32H,2-3H2,1H3,(H,35,36)(H,37,38)(H3,22,26,28,33)(H3,23,27,29,34);4-5,7-8,11-14,19-20,31-32H,2-3H2,1H3,(H,35,36)(H,37,38)(H,25,26,33)(H3,22,27,28,34)/p-4/t6-,7+,8+,11?,12?,13-,18+,19+;7-,8-,11+,12?,13?,14+,19-,20-/m01/s1. The third-order valence-corrected chi connectivity index (χ3v) is 19.0. The predicted molar refractivity (Wildman–Crippen MR) is 287 cm³/mol. The summed E-state index contributed by atoms with van der Waals surface area (Å²) in [7, 11) is -21.2. The number of ether oxygens (including phenoxy) is 4. The fourth-order valence-electron chi connectivity index (χ4n) is 11.1. The minimum atomic E-state index is -5.35. The van der Waals surface area contributed by atoms with E-state index in [0.29, 0.717) is 0 Å². The molecule has 46 nitrogen and oxygen atoms in total. The van der Waals surface area contributed by atoms with Crippen molar-refractivity contribution in [2.24, 2.45) is 5.92 Å².